The van der Waals surface area contributed by atoms with Crippen LogP contribution in [-0.4, -0.2) is 68.2 Å². The number of sulfone groups is 1. The predicted octanol–water partition coefficient (Wildman–Crippen LogP) is 3.04. The summed E-state index contributed by atoms with van der Waals surface area (Å²) in [6, 6.07) is 9.44. The van der Waals surface area contributed by atoms with Crippen LogP contribution in [0.3, 0.4) is 0 Å². The number of amides is 1. The Morgan fingerprint density at radius 1 is 1.20 bits per heavy atom. The van der Waals surface area contributed by atoms with Gasteiger partial charge in [-0.2, -0.15) is 4.31 Å². The van der Waals surface area contributed by atoms with E-state index in [4.69, 9.17) is 9.40 Å². The minimum absolute atomic E-state index is 0.0230. The summed E-state index contributed by atoms with van der Waals surface area (Å²) in [7, 11) is -5.23. The average Bonchev–Trinajstić information content (AvgIpc) is 3.66. The number of pyridine rings is 1. The number of carbonyl (C=O) groups is 2. The number of rotatable bonds is 13. The number of fused-ring (bicyclic) bond motifs is 1. The maximum absolute atomic E-state index is 12.9. The second-order valence-electron chi connectivity index (χ2n) is 10.2. The minimum atomic E-state index is -3.77. The van der Waals surface area contributed by atoms with Crippen LogP contribution in [-0.2, 0) is 32.1 Å². The van der Waals surface area contributed by atoms with Crippen molar-refractivity contribution in [2.75, 3.05) is 19.8 Å². The van der Waals surface area contributed by atoms with Crippen LogP contribution in [0.25, 0.3) is 22.4 Å². The van der Waals surface area contributed by atoms with Crippen molar-refractivity contribution in [2.45, 2.75) is 56.7 Å². The Morgan fingerprint density at radius 2 is 1.88 bits per heavy atom. The van der Waals surface area contributed by atoms with E-state index in [0.717, 1.165) is 35.8 Å². The van der Waals surface area contributed by atoms with Crippen LogP contribution in [0.2, 0.25) is 0 Å². The normalized spacial score (nSPS) is 14.6. The third-order valence-electron chi connectivity index (χ3n) is 7.07. The maximum Gasteiger partial charge on any atom is 0.321 e. The molecular weight excluding hydrogens is 558 g/mol. The molecule has 216 valence electrons. The first-order valence-electron chi connectivity index (χ1n) is 13.0. The number of benzene rings is 1. The zero-order valence-electron chi connectivity index (χ0n) is 22.5. The van der Waals surface area contributed by atoms with Crippen LogP contribution in [0.15, 0.2) is 34.7 Å². The second-order valence-corrected chi connectivity index (χ2v) is 13.5. The van der Waals surface area contributed by atoms with Crippen LogP contribution < -0.4 is 5.32 Å². The molecule has 0 spiro atoms. The number of hydrogen-bond donors (Lipinski definition) is 3. The van der Waals surface area contributed by atoms with E-state index in [1.165, 1.54) is 4.31 Å². The van der Waals surface area contributed by atoms with Gasteiger partial charge in [0.2, 0.25) is 16.6 Å². The number of thiol groups is 1. The Kier molecular flexibility index (Phi) is 8.96. The highest BCUT2D eigenvalue weighted by Crippen LogP contribution is 2.44. The van der Waals surface area contributed by atoms with Crippen molar-refractivity contribution < 1.29 is 35.9 Å². The van der Waals surface area contributed by atoms with Gasteiger partial charge >= 0.3 is 5.97 Å². The van der Waals surface area contributed by atoms with Gasteiger partial charge in [-0.1, -0.05) is 36.2 Å². The zero-order valence-corrected chi connectivity index (χ0v) is 24.3. The summed E-state index contributed by atoms with van der Waals surface area (Å²) in [6.45, 7) is 2.01. The molecule has 11 nitrogen and oxygen atoms in total. The molecule has 1 saturated carbocycles. The molecule has 0 aliphatic heterocycles. The molecule has 1 atom stereocenters. The van der Waals surface area contributed by atoms with Gasteiger partial charge in [0, 0.05) is 25.4 Å². The zero-order chi connectivity index (χ0) is 29.2. The predicted molar refractivity (Wildman–Crippen MR) is 150 cm³/mol. The second kappa shape index (κ2) is 12.1. The number of aryl methyl sites for hydroxylation is 1. The van der Waals surface area contributed by atoms with Gasteiger partial charge in [0.1, 0.15) is 5.76 Å². The Hall–Kier alpha value is -3.29. The molecule has 0 radical (unpaired) electrons. The molecule has 1 amide bonds. The number of nitrogens with zero attached hydrogens (tertiary/aromatic N) is 2. The Bertz CT molecular complexity index is 1600. The molecule has 3 aromatic rings. The number of furan rings is 1. The largest absolute Gasteiger partial charge is 0.480 e. The number of unbranched alkanes of at least 4 members (excludes halogenated alkanes) is 1. The highest BCUT2D eigenvalue weighted by Gasteiger charge is 2.31. The summed E-state index contributed by atoms with van der Waals surface area (Å²) < 4.78 is 55.0. The Morgan fingerprint density at radius 3 is 2.42 bits per heavy atom. The third-order valence-corrected chi connectivity index (χ3v) is 9.34. The van der Waals surface area contributed by atoms with Crippen molar-refractivity contribution in [3.63, 3.8) is 0 Å². The number of aromatic nitrogens is 1. The minimum Gasteiger partial charge on any atom is -0.480 e. The van der Waals surface area contributed by atoms with Crippen LogP contribution in [0.1, 0.15) is 65.2 Å². The first-order valence-corrected chi connectivity index (χ1v) is 16.1. The molecular formula is C27H33N3O8S2. The van der Waals surface area contributed by atoms with E-state index in [2.05, 4.69) is 5.32 Å². The van der Waals surface area contributed by atoms with Crippen LogP contribution in [0.4, 0.5) is 0 Å². The molecule has 1 aliphatic carbocycles. The van der Waals surface area contributed by atoms with Gasteiger partial charge in [-0.25, -0.2) is 21.8 Å². The summed E-state index contributed by atoms with van der Waals surface area (Å²) in [5.41, 5.74) is 3.76. The Labute approximate surface area is 234 Å². The van der Waals surface area contributed by atoms with Gasteiger partial charge in [0.25, 0.3) is 5.91 Å². The monoisotopic (exact) mass is 591 g/mol. The number of nitrogens with one attached hydrogen (secondary N) is 1. The first-order chi connectivity index (χ1) is 18.9. The molecule has 1 unspecified atom stereocenters. The van der Waals surface area contributed by atoms with Gasteiger partial charge < -0.3 is 14.8 Å². The van der Waals surface area contributed by atoms with Crippen molar-refractivity contribution >= 4 is 43.7 Å². The number of aliphatic carboxylic acids is 1. The smallest absolute Gasteiger partial charge is 0.321 e. The standard InChI is InChI=1S/C27H33N3O8S2/c1-16-7-9-18(10-8-16)24-23(25(31)28-2)20-14-19(17-11-12-17)21(29-26(20)38-24)15-30(39(34)35)13-5-4-6-22(27(32)33)40(3,36)37/h7-10,14,17,22,39H,4-6,11-13,15H2,1-3H3,(H,28,31)(H,32,33). The lowest BCUT2D eigenvalue weighted by Gasteiger charge is -2.17. The highest BCUT2D eigenvalue weighted by atomic mass is 32.2. The summed E-state index contributed by atoms with van der Waals surface area (Å²) in [4.78, 5) is 28.9. The fraction of sp³-hybridized carbons (Fsp3) is 0.444. The third kappa shape index (κ3) is 6.70. The molecule has 40 heavy (non-hydrogen) atoms. The van der Waals surface area contributed by atoms with Gasteiger partial charge in [-0.15, -0.1) is 0 Å². The van der Waals surface area contributed by atoms with Crippen LogP contribution in [0.5, 0.6) is 0 Å². The summed E-state index contributed by atoms with van der Waals surface area (Å²) >= 11 is 0. The lowest BCUT2D eigenvalue weighted by molar-refractivity contribution is -0.136. The molecule has 2 N–H and O–H groups in total. The summed E-state index contributed by atoms with van der Waals surface area (Å²) in [6.07, 6.45) is 3.11. The van der Waals surface area contributed by atoms with Gasteiger partial charge in [-0.3, -0.25) is 9.59 Å². The summed E-state index contributed by atoms with van der Waals surface area (Å²) in [5.74, 6) is -1.16. The Balaban J connectivity index is 1.64. The van der Waals surface area contributed by atoms with Gasteiger partial charge in [-0.05, 0) is 50.2 Å². The lowest BCUT2D eigenvalue weighted by Crippen LogP contribution is -2.29. The average molecular weight is 592 g/mol. The summed E-state index contributed by atoms with van der Waals surface area (Å²) in [5, 5.41) is 10.9. The van der Waals surface area contributed by atoms with E-state index in [1.807, 2.05) is 37.3 Å². The van der Waals surface area contributed by atoms with Crippen molar-refractivity contribution in [3.8, 4) is 11.3 Å². The molecule has 0 bridgehead atoms. The van der Waals surface area contributed by atoms with E-state index < -0.39 is 31.9 Å². The van der Waals surface area contributed by atoms with Crippen molar-refractivity contribution in [3.05, 3.63) is 52.7 Å². The number of hydrogen-bond acceptors (Lipinski definition) is 8. The first kappa shape index (κ1) is 29.7. The van der Waals surface area contributed by atoms with E-state index in [0.29, 0.717) is 22.4 Å². The molecule has 13 heteroatoms. The van der Waals surface area contributed by atoms with Gasteiger partial charge in [0.15, 0.2) is 15.1 Å². The topological polar surface area (TPSA) is 164 Å². The molecule has 1 fully saturated rings. The van der Waals surface area contributed by atoms with Crippen molar-refractivity contribution in [2.24, 2.45) is 0 Å². The molecule has 0 saturated heterocycles. The SMILES string of the molecule is CNC(=O)c1c(-c2ccc(C)cc2)oc2nc(CN(CCCCC(C(=O)O)S(C)(=O)=O)[SH](=O)=O)c(C3CC3)cc12. The van der Waals surface area contributed by atoms with E-state index in [9.17, 15) is 31.5 Å². The lowest BCUT2D eigenvalue weighted by atomic mass is 10.0. The molecule has 1 aliphatic rings. The number of carbonyl (C=O) groups excluding carboxylic acids is 1. The quantitative estimate of drug-likeness (QED) is 0.200. The molecule has 4 rings (SSSR count). The molecule has 2 heterocycles. The fourth-order valence-electron chi connectivity index (χ4n) is 4.74. The van der Waals surface area contributed by atoms with E-state index in [1.54, 1.807) is 7.05 Å². The molecule has 2 aromatic heterocycles. The van der Waals surface area contributed by atoms with E-state index >= 15 is 0 Å². The molecule has 1 aromatic carbocycles. The highest BCUT2D eigenvalue weighted by molar-refractivity contribution is 7.92. The van der Waals surface area contributed by atoms with Gasteiger partial charge in [0.05, 0.1) is 23.2 Å². The van der Waals surface area contributed by atoms with Crippen molar-refractivity contribution in [1.29, 1.82) is 0 Å². The van der Waals surface area contributed by atoms with E-state index in [-0.39, 0.29) is 49.9 Å². The number of carboxylic acid groups (broad SMARTS) is 1. The van der Waals surface area contributed by atoms with Crippen molar-refractivity contribution in [1.82, 2.24) is 14.6 Å². The fourth-order valence-corrected chi connectivity index (χ4v) is 6.26. The van der Waals surface area contributed by atoms with Crippen LogP contribution >= 0.6 is 0 Å². The van der Waals surface area contributed by atoms with Crippen LogP contribution in [0, 0.1) is 6.92 Å². The maximum atomic E-state index is 12.9. The number of carboxylic acids is 1.